The molecule has 0 aliphatic heterocycles. The summed E-state index contributed by atoms with van der Waals surface area (Å²) in [5.74, 6) is 0.751. The van der Waals surface area contributed by atoms with E-state index in [2.05, 4.69) is 46.9 Å². The van der Waals surface area contributed by atoms with Crippen molar-refractivity contribution < 1.29 is 5.11 Å². The Morgan fingerprint density at radius 3 is 2.17 bits per heavy atom. The number of rotatable bonds is 2. The molecule has 1 aliphatic carbocycles. The van der Waals surface area contributed by atoms with Gasteiger partial charge in [0.05, 0.1) is 5.60 Å². The van der Waals surface area contributed by atoms with Gasteiger partial charge in [0.15, 0.2) is 0 Å². The highest BCUT2D eigenvalue weighted by atomic mass is 16.3. The molecule has 0 saturated heterocycles. The highest BCUT2D eigenvalue weighted by Crippen LogP contribution is 2.39. The van der Waals surface area contributed by atoms with Crippen LogP contribution in [0.25, 0.3) is 0 Å². The second kappa shape index (κ2) is 5.50. The molecule has 0 aromatic heterocycles. The maximum atomic E-state index is 10.7. The van der Waals surface area contributed by atoms with E-state index in [-0.39, 0.29) is 5.54 Å². The Hall–Kier alpha value is -0.0800. The topological polar surface area (TPSA) is 32.3 Å². The van der Waals surface area contributed by atoms with Crippen molar-refractivity contribution in [3.63, 3.8) is 0 Å². The molecule has 0 bridgehead atoms. The van der Waals surface area contributed by atoms with Gasteiger partial charge in [-0.05, 0) is 57.8 Å². The lowest BCUT2D eigenvalue weighted by Crippen LogP contribution is -2.47. The van der Waals surface area contributed by atoms with Crippen LogP contribution in [0.2, 0.25) is 0 Å². The molecule has 1 aliphatic rings. The van der Waals surface area contributed by atoms with Gasteiger partial charge in [0.2, 0.25) is 0 Å². The lowest BCUT2D eigenvalue weighted by atomic mass is 9.76. The molecule has 1 saturated carbocycles. The van der Waals surface area contributed by atoms with Crippen molar-refractivity contribution in [2.45, 2.75) is 84.8 Å². The average Bonchev–Trinajstić information content (AvgIpc) is 2.36. The summed E-state index contributed by atoms with van der Waals surface area (Å²) in [6.45, 7) is 14.2. The zero-order valence-corrected chi connectivity index (χ0v) is 13.3. The van der Waals surface area contributed by atoms with Crippen molar-refractivity contribution in [3.8, 4) is 0 Å². The molecule has 2 nitrogen and oxygen atoms in total. The van der Waals surface area contributed by atoms with Crippen LogP contribution in [0.4, 0.5) is 0 Å². The normalized spacial score (nSPS) is 31.2. The minimum Gasteiger partial charge on any atom is -0.389 e. The van der Waals surface area contributed by atoms with Crippen LogP contribution in [-0.2, 0) is 0 Å². The van der Waals surface area contributed by atoms with Crippen molar-refractivity contribution in [2.24, 2.45) is 11.3 Å². The largest absolute Gasteiger partial charge is 0.389 e. The van der Waals surface area contributed by atoms with E-state index in [1.165, 1.54) is 6.42 Å². The number of β-amino-alcohol motifs (C(OH)–C–C–N with tert-alkyl or cyclic N) is 1. The number of hydrogen-bond donors (Lipinski definition) is 2. The van der Waals surface area contributed by atoms with Gasteiger partial charge in [-0.25, -0.2) is 0 Å². The van der Waals surface area contributed by atoms with Crippen LogP contribution >= 0.6 is 0 Å². The summed E-state index contributed by atoms with van der Waals surface area (Å²) in [6.07, 6.45) is 5.47. The fraction of sp³-hybridized carbons (Fsp3) is 1.00. The standard InChI is InChI=1S/C16H33NO/c1-14(2,3)13-8-7-10-16(18,11-9-13)12-17-15(4,5)6/h13,17-18H,7-12H2,1-6H3. The Kier molecular flexibility index (Phi) is 4.88. The third kappa shape index (κ3) is 5.27. The molecule has 1 fully saturated rings. The first-order chi connectivity index (χ1) is 8.02. The van der Waals surface area contributed by atoms with Crippen LogP contribution < -0.4 is 5.32 Å². The minimum atomic E-state index is -0.493. The van der Waals surface area contributed by atoms with Gasteiger partial charge in [-0.2, -0.15) is 0 Å². The fourth-order valence-corrected chi connectivity index (χ4v) is 2.86. The van der Waals surface area contributed by atoms with E-state index in [0.717, 1.165) is 38.1 Å². The molecule has 108 valence electrons. The van der Waals surface area contributed by atoms with E-state index < -0.39 is 5.60 Å². The molecule has 0 radical (unpaired) electrons. The Bertz CT molecular complexity index is 261. The molecule has 0 amide bonds. The molecule has 2 heteroatoms. The first kappa shape index (κ1) is 16.0. The van der Waals surface area contributed by atoms with Crippen molar-refractivity contribution in [2.75, 3.05) is 6.54 Å². The molecule has 18 heavy (non-hydrogen) atoms. The van der Waals surface area contributed by atoms with Gasteiger partial charge in [-0.3, -0.25) is 0 Å². The molecule has 2 atom stereocenters. The Balaban J connectivity index is 2.55. The highest BCUT2D eigenvalue weighted by molar-refractivity contribution is 4.89. The second-order valence-electron chi connectivity index (χ2n) is 8.32. The average molecular weight is 255 g/mol. The van der Waals surface area contributed by atoms with Gasteiger partial charge in [0, 0.05) is 12.1 Å². The van der Waals surface area contributed by atoms with E-state index in [1.807, 2.05) is 0 Å². The zero-order chi connectivity index (χ0) is 14.0. The van der Waals surface area contributed by atoms with E-state index >= 15 is 0 Å². The molecular weight excluding hydrogens is 222 g/mol. The predicted octanol–water partition coefficient (Wildman–Crippen LogP) is 3.73. The fourth-order valence-electron chi connectivity index (χ4n) is 2.86. The van der Waals surface area contributed by atoms with Gasteiger partial charge in [-0.15, -0.1) is 0 Å². The quantitative estimate of drug-likeness (QED) is 0.737. The lowest BCUT2D eigenvalue weighted by Gasteiger charge is -2.33. The third-order valence-electron chi connectivity index (χ3n) is 4.33. The van der Waals surface area contributed by atoms with Gasteiger partial charge in [0.1, 0.15) is 0 Å². The zero-order valence-electron chi connectivity index (χ0n) is 13.3. The first-order valence-corrected chi connectivity index (χ1v) is 7.49. The molecule has 1 rings (SSSR count). The van der Waals surface area contributed by atoms with E-state index in [1.54, 1.807) is 0 Å². The van der Waals surface area contributed by atoms with Gasteiger partial charge in [0.25, 0.3) is 0 Å². The van der Waals surface area contributed by atoms with Crippen LogP contribution in [0.5, 0.6) is 0 Å². The highest BCUT2D eigenvalue weighted by Gasteiger charge is 2.35. The molecular formula is C16H33NO. The summed E-state index contributed by atoms with van der Waals surface area (Å²) in [5.41, 5.74) is -0.0263. The van der Waals surface area contributed by atoms with E-state index in [4.69, 9.17) is 0 Å². The molecule has 0 aromatic rings. The van der Waals surface area contributed by atoms with E-state index in [9.17, 15) is 5.11 Å². The Morgan fingerprint density at radius 1 is 1.06 bits per heavy atom. The van der Waals surface area contributed by atoms with Crippen LogP contribution in [0.3, 0.4) is 0 Å². The van der Waals surface area contributed by atoms with Crippen molar-refractivity contribution in [3.05, 3.63) is 0 Å². The SMILES string of the molecule is CC(C)(C)NCC1(O)CCCC(C(C)(C)C)CC1. The third-order valence-corrected chi connectivity index (χ3v) is 4.33. The molecule has 0 spiro atoms. The minimum absolute atomic E-state index is 0.0888. The molecule has 2 N–H and O–H groups in total. The molecule has 2 unspecified atom stereocenters. The van der Waals surface area contributed by atoms with Crippen LogP contribution in [0.15, 0.2) is 0 Å². The van der Waals surface area contributed by atoms with Gasteiger partial charge >= 0.3 is 0 Å². The monoisotopic (exact) mass is 255 g/mol. The van der Waals surface area contributed by atoms with Gasteiger partial charge < -0.3 is 10.4 Å². The molecule has 0 heterocycles. The van der Waals surface area contributed by atoms with Crippen LogP contribution in [0.1, 0.15) is 73.6 Å². The first-order valence-electron chi connectivity index (χ1n) is 7.49. The Labute approximate surface area is 114 Å². The van der Waals surface area contributed by atoms with Crippen LogP contribution in [-0.4, -0.2) is 22.8 Å². The Morgan fingerprint density at radius 2 is 1.67 bits per heavy atom. The second-order valence-corrected chi connectivity index (χ2v) is 8.32. The summed E-state index contributed by atoms with van der Waals surface area (Å²) in [6, 6.07) is 0. The van der Waals surface area contributed by atoms with E-state index in [0.29, 0.717) is 5.41 Å². The number of aliphatic hydroxyl groups is 1. The summed E-state index contributed by atoms with van der Waals surface area (Å²) < 4.78 is 0. The van der Waals surface area contributed by atoms with Crippen molar-refractivity contribution in [1.29, 1.82) is 0 Å². The number of hydrogen-bond acceptors (Lipinski definition) is 2. The maximum Gasteiger partial charge on any atom is 0.0771 e. The summed E-state index contributed by atoms with van der Waals surface area (Å²) >= 11 is 0. The van der Waals surface area contributed by atoms with Crippen molar-refractivity contribution in [1.82, 2.24) is 5.32 Å². The maximum absolute atomic E-state index is 10.7. The summed E-state index contributed by atoms with van der Waals surface area (Å²) in [4.78, 5) is 0. The van der Waals surface area contributed by atoms with Crippen molar-refractivity contribution >= 4 is 0 Å². The van der Waals surface area contributed by atoms with Gasteiger partial charge in [-0.1, -0.05) is 27.2 Å². The molecule has 0 aromatic carbocycles. The number of nitrogens with one attached hydrogen (secondary N) is 1. The summed E-state index contributed by atoms with van der Waals surface area (Å²) in [7, 11) is 0. The lowest BCUT2D eigenvalue weighted by molar-refractivity contribution is 0.0173. The van der Waals surface area contributed by atoms with Crippen LogP contribution in [0, 0.1) is 11.3 Å². The smallest absolute Gasteiger partial charge is 0.0771 e. The predicted molar refractivity (Wildman–Crippen MR) is 78.7 cm³/mol. The summed E-state index contributed by atoms with van der Waals surface area (Å²) in [5, 5.41) is 14.2.